The first kappa shape index (κ1) is 16.7. The molecule has 1 saturated heterocycles. The Morgan fingerprint density at radius 3 is 2.77 bits per heavy atom. The molecule has 22 heavy (non-hydrogen) atoms. The zero-order valence-corrected chi connectivity index (χ0v) is 13.0. The Labute approximate surface area is 130 Å². The minimum absolute atomic E-state index is 0.203. The molecule has 2 amide bonds. The number of nitrogens with zero attached hydrogens (tertiary/aromatic N) is 1. The molecule has 1 aliphatic heterocycles. The molecule has 5 nitrogen and oxygen atoms in total. The standard InChI is InChI=1S/C16H24FN3O2/c1-22-11-10-20-8-6-13(7-9-20)12-18-16(21)19-15-5-3-2-4-14(15)17/h2-5,13H,6-12H2,1H3,(H2,18,19,21). The van der Waals surface area contributed by atoms with Crippen LogP contribution >= 0.6 is 0 Å². The zero-order chi connectivity index (χ0) is 15.8. The van der Waals surface area contributed by atoms with Gasteiger partial charge in [-0.05, 0) is 44.0 Å². The molecule has 0 aliphatic carbocycles. The fraction of sp³-hybridized carbons (Fsp3) is 0.562. The number of benzene rings is 1. The minimum Gasteiger partial charge on any atom is -0.383 e. The van der Waals surface area contributed by atoms with Crippen molar-refractivity contribution in [2.24, 2.45) is 5.92 Å². The third-order valence-corrected chi connectivity index (χ3v) is 3.99. The van der Waals surface area contributed by atoms with E-state index in [4.69, 9.17) is 4.74 Å². The largest absolute Gasteiger partial charge is 0.383 e. The Morgan fingerprint density at radius 1 is 1.36 bits per heavy atom. The molecule has 122 valence electrons. The number of methoxy groups -OCH3 is 1. The molecule has 6 heteroatoms. The van der Waals surface area contributed by atoms with Gasteiger partial charge < -0.3 is 20.3 Å². The summed E-state index contributed by atoms with van der Waals surface area (Å²) < 4.78 is 18.5. The highest BCUT2D eigenvalue weighted by Gasteiger charge is 2.19. The summed E-state index contributed by atoms with van der Waals surface area (Å²) in [5, 5.41) is 5.36. The average molecular weight is 309 g/mol. The number of piperidine rings is 1. The highest BCUT2D eigenvalue weighted by molar-refractivity contribution is 5.89. The molecule has 0 unspecified atom stereocenters. The number of carbonyl (C=O) groups excluding carboxylic acids is 1. The highest BCUT2D eigenvalue weighted by atomic mass is 19.1. The number of carbonyl (C=O) groups is 1. The topological polar surface area (TPSA) is 53.6 Å². The molecule has 0 atom stereocenters. The van der Waals surface area contributed by atoms with Crippen molar-refractivity contribution in [1.29, 1.82) is 0 Å². The number of urea groups is 1. The summed E-state index contributed by atoms with van der Waals surface area (Å²) in [6.45, 7) is 4.41. The van der Waals surface area contributed by atoms with Gasteiger partial charge in [0.05, 0.1) is 12.3 Å². The number of nitrogens with one attached hydrogen (secondary N) is 2. The van der Waals surface area contributed by atoms with Crippen molar-refractivity contribution in [2.45, 2.75) is 12.8 Å². The number of rotatable bonds is 6. The molecule has 0 radical (unpaired) electrons. The number of para-hydroxylation sites is 1. The van der Waals surface area contributed by atoms with Crippen LogP contribution in [0.4, 0.5) is 14.9 Å². The summed E-state index contributed by atoms with van der Waals surface area (Å²) in [7, 11) is 1.71. The van der Waals surface area contributed by atoms with E-state index in [1.54, 1.807) is 25.3 Å². The van der Waals surface area contributed by atoms with Crippen LogP contribution < -0.4 is 10.6 Å². The Bertz CT molecular complexity index is 476. The summed E-state index contributed by atoms with van der Waals surface area (Å²) in [6, 6.07) is 5.80. The molecular formula is C16H24FN3O2. The lowest BCUT2D eigenvalue weighted by Gasteiger charge is -2.31. The van der Waals surface area contributed by atoms with E-state index in [2.05, 4.69) is 15.5 Å². The first-order valence-electron chi connectivity index (χ1n) is 7.69. The second kappa shape index (κ2) is 8.70. The first-order chi connectivity index (χ1) is 10.7. The number of amides is 2. The lowest BCUT2D eigenvalue weighted by Crippen LogP contribution is -2.40. The fourth-order valence-electron chi connectivity index (χ4n) is 2.60. The quantitative estimate of drug-likeness (QED) is 0.848. The predicted molar refractivity (Wildman–Crippen MR) is 84.5 cm³/mol. The lowest BCUT2D eigenvalue weighted by atomic mass is 9.97. The van der Waals surface area contributed by atoms with E-state index in [9.17, 15) is 9.18 Å². The van der Waals surface area contributed by atoms with Gasteiger partial charge in [-0.25, -0.2) is 9.18 Å². The van der Waals surface area contributed by atoms with E-state index >= 15 is 0 Å². The van der Waals surface area contributed by atoms with Gasteiger partial charge in [-0.2, -0.15) is 0 Å². The Morgan fingerprint density at radius 2 is 2.09 bits per heavy atom. The Hall–Kier alpha value is -1.66. The van der Waals surface area contributed by atoms with Gasteiger partial charge >= 0.3 is 6.03 Å². The summed E-state index contributed by atoms with van der Waals surface area (Å²) >= 11 is 0. The van der Waals surface area contributed by atoms with Crippen LogP contribution in [-0.4, -0.2) is 50.8 Å². The van der Waals surface area contributed by atoms with Gasteiger partial charge in [0.1, 0.15) is 5.82 Å². The zero-order valence-electron chi connectivity index (χ0n) is 13.0. The van der Waals surface area contributed by atoms with Crippen molar-refractivity contribution >= 4 is 11.7 Å². The third kappa shape index (κ3) is 5.27. The van der Waals surface area contributed by atoms with E-state index in [1.165, 1.54) is 6.07 Å². The smallest absolute Gasteiger partial charge is 0.319 e. The van der Waals surface area contributed by atoms with Gasteiger partial charge in [0.15, 0.2) is 0 Å². The molecule has 0 spiro atoms. The molecule has 1 aliphatic rings. The average Bonchev–Trinajstić information content (AvgIpc) is 2.54. The number of ether oxygens (including phenoxy) is 1. The second-order valence-electron chi connectivity index (χ2n) is 5.59. The third-order valence-electron chi connectivity index (χ3n) is 3.99. The van der Waals surface area contributed by atoms with E-state index in [0.29, 0.717) is 12.5 Å². The number of hydrogen-bond acceptors (Lipinski definition) is 3. The van der Waals surface area contributed by atoms with Crippen molar-refractivity contribution in [3.8, 4) is 0 Å². The molecule has 1 fully saturated rings. The second-order valence-corrected chi connectivity index (χ2v) is 5.59. The maximum atomic E-state index is 13.4. The van der Waals surface area contributed by atoms with Crippen molar-refractivity contribution in [3.63, 3.8) is 0 Å². The van der Waals surface area contributed by atoms with Crippen LogP contribution in [0, 0.1) is 11.7 Å². The van der Waals surface area contributed by atoms with Gasteiger partial charge in [0, 0.05) is 20.2 Å². The van der Waals surface area contributed by atoms with E-state index in [0.717, 1.165) is 39.1 Å². The van der Waals surface area contributed by atoms with E-state index < -0.39 is 5.82 Å². The summed E-state index contributed by atoms with van der Waals surface area (Å²) in [6.07, 6.45) is 2.12. The molecule has 0 bridgehead atoms. The van der Waals surface area contributed by atoms with Gasteiger partial charge in [-0.1, -0.05) is 12.1 Å². The molecule has 2 rings (SSSR count). The highest BCUT2D eigenvalue weighted by Crippen LogP contribution is 2.16. The van der Waals surface area contributed by atoms with Gasteiger partial charge in [0.25, 0.3) is 0 Å². The van der Waals surface area contributed by atoms with Crippen LogP contribution in [-0.2, 0) is 4.74 Å². The van der Waals surface area contributed by atoms with Crippen LogP contribution in [0.2, 0.25) is 0 Å². The molecule has 1 aromatic rings. The van der Waals surface area contributed by atoms with E-state index in [1.807, 2.05) is 0 Å². The maximum Gasteiger partial charge on any atom is 0.319 e. The van der Waals surface area contributed by atoms with Crippen molar-refractivity contribution in [2.75, 3.05) is 45.2 Å². The SMILES string of the molecule is COCCN1CCC(CNC(=O)Nc2ccccc2F)CC1. The Balaban J connectivity index is 1.66. The van der Waals surface area contributed by atoms with Crippen LogP contribution in [0.1, 0.15) is 12.8 Å². The van der Waals surface area contributed by atoms with Gasteiger partial charge in [-0.3, -0.25) is 0 Å². The van der Waals surface area contributed by atoms with Crippen molar-refractivity contribution < 1.29 is 13.9 Å². The van der Waals surface area contributed by atoms with Crippen LogP contribution in [0.25, 0.3) is 0 Å². The number of likely N-dealkylation sites (tertiary alicyclic amines) is 1. The predicted octanol–water partition coefficient (Wildman–Crippen LogP) is 2.31. The van der Waals surface area contributed by atoms with Gasteiger partial charge in [-0.15, -0.1) is 0 Å². The van der Waals surface area contributed by atoms with Crippen LogP contribution in [0.15, 0.2) is 24.3 Å². The molecule has 1 aromatic carbocycles. The molecular weight excluding hydrogens is 285 g/mol. The van der Waals surface area contributed by atoms with Crippen LogP contribution in [0.3, 0.4) is 0 Å². The number of anilines is 1. The lowest BCUT2D eigenvalue weighted by molar-refractivity contribution is 0.120. The minimum atomic E-state index is -0.427. The maximum absolute atomic E-state index is 13.4. The molecule has 0 saturated carbocycles. The summed E-state index contributed by atoms with van der Waals surface area (Å²) in [5.74, 6) is 0.0502. The van der Waals surface area contributed by atoms with E-state index in [-0.39, 0.29) is 11.7 Å². The monoisotopic (exact) mass is 309 g/mol. The number of hydrogen-bond donors (Lipinski definition) is 2. The fourth-order valence-corrected chi connectivity index (χ4v) is 2.60. The van der Waals surface area contributed by atoms with Crippen molar-refractivity contribution in [1.82, 2.24) is 10.2 Å². The molecule has 1 heterocycles. The Kier molecular flexibility index (Phi) is 6.61. The van der Waals surface area contributed by atoms with Gasteiger partial charge in [0.2, 0.25) is 0 Å². The number of halogens is 1. The normalized spacial score (nSPS) is 16.5. The van der Waals surface area contributed by atoms with Crippen molar-refractivity contribution in [3.05, 3.63) is 30.1 Å². The summed E-state index contributed by atoms with van der Waals surface area (Å²) in [5.41, 5.74) is 0.203. The van der Waals surface area contributed by atoms with Crippen LogP contribution in [0.5, 0.6) is 0 Å². The molecule has 2 N–H and O–H groups in total. The molecule has 0 aromatic heterocycles. The summed E-state index contributed by atoms with van der Waals surface area (Å²) in [4.78, 5) is 14.2. The first-order valence-corrected chi connectivity index (χ1v) is 7.69.